The quantitative estimate of drug-likeness (QED) is 0.680. The first-order valence-electron chi connectivity index (χ1n) is 8.87. The number of amides is 2. The molecule has 1 saturated heterocycles. The number of thioether (sulfide) groups is 1. The van der Waals surface area contributed by atoms with Crippen molar-refractivity contribution in [1.29, 1.82) is 0 Å². The highest BCUT2D eigenvalue weighted by Crippen LogP contribution is 2.38. The maximum Gasteiger partial charge on any atom is 0.417 e. The van der Waals surface area contributed by atoms with Gasteiger partial charge in [-0.1, -0.05) is 36.7 Å². The average Bonchev–Trinajstić information content (AvgIpc) is 2.89. The molecule has 10 heteroatoms. The molecule has 1 aliphatic rings. The monoisotopic (exact) mass is 435 g/mol. The fourth-order valence-electron chi connectivity index (χ4n) is 2.60. The maximum atomic E-state index is 13.1. The molecule has 28 heavy (non-hydrogen) atoms. The van der Waals surface area contributed by atoms with Gasteiger partial charge in [-0.05, 0) is 31.5 Å². The highest BCUT2D eigenvalue weighted by molar-refractivity contribution is 8.15. The number of unbranched alkanes of at least 4 members (excludes halogenated alkanes) is 1. The average molecular weight is 436 g/mol. The number of amidine groups is 1. The van der Waals surface area contributed by atoms with Gasteiger partial charge in [0, 0.05) is 19.5 Å². The van der Waals surface area contributed by atoms with Crippen molar-refractivity contribution in [3.8, 4) is 0 Å². The van der Waals surface area contributed by atoms with Gasteiger partial charge in [-0.25, -0.2) is 4.99 Å². The van der Waals surface area contributed by atoms with Gasteiger partial charge in [0.1, 0.15) is 5.25 Å². The van der Waals surface area contributed by atoms with Crippen LogP contribution >= 0.6 is 23.4 Å². The third-order valence-corrected chi connectivity index (χ3v) is 5.49. The highest BCUT2D eigenvalue weighted by Gasteiger charge is 2.39. The molecule has 0 aliphatic carbocycles. The number of nitrogens with one attached hydrogen (secondary N) is 1. The Bertz CT molecular complexity index is 771. The number of carbonyl (C=O) groups excluding carboxylic acids is 2. The highest BCUT2D eigenvalue weighted by atomic mass is 35.5. The zero-order valence-corrected chi connectivity index (χ0v) is 17.0. The van der Waals surface area contributed by atoms with Crippen LogP contribution in [0.25, 0.3) is 0 Å². The van der Waals surface area contributed by atoms with Crippen LogP contribution in [0.4, 0.5) is 18.9 Å². The topological polar surface area (TPSA) is 61.8 Å². The summed E-state index contributed by atoms with van der Waals surface area (Å²) in [7, 11) is 0. The first kappa shape index (κ1) is 22.5. The van der Waals surface area contributed by atoms with Gasteiger partial charge >= 0.3 is 6.18 Å². The van der Waals surface area contributed by atoms with Crippen molar-refractivity contribution in [1.82, 2.24) is 10.2 Å². The van der Waals surface area contributed by atoms with Gasteiger partial charge in [-0.2, -0.15) is 13.2 Å². The maximum absolute atomic E-state index is 13.1. The summed E-state index contributed by atoms with van der Waals surface area (Å²) in [4.78, 5) is 30.2. The number of hydrogen-bond acceptors (Lipinski definition) is 4. The van der Waals surface area contributed by atoms with Crippen LogP contribution < -0.4 is 5.32 Å². The summed E-state index contributed by atoms with van der Waals surface area (Å²) in [6, 6.07) is 3.36. The van der Waals surface area contributed by atoms with Gasteiger partial charge in [0.25, 0.3) is 0 Å². The Morgan fingerprint density at radius 3 is 2.68 bits per heavy atom. The van der Waals surface area contributed by atoms with Crippen molar-refractivity contribution in [3.63, 3.8) is 0 Å². The lowest BCUT2D eigenvalue weighted by Gasteiger charge is -2.16. The number of halogens is 4. The number of rotatable bonds is 7. The molecular weight excluding hydrogens is 415 g/mol. The second-order valence-electron chi connectivity index (χ2n) is 6.16. The van der Waals surface area contributed by atoms with E-state index in [4.69, 9.17) is 11.6 Å². The molecule has 0 radical (unpaired) electrons. The predicted octanol–water partition coefficient (Wildman–Crippen LogP) is 4.62. The van der Waals surface area contributed by atoms with Crippen LogP contribution in [-0.4, -0.2) is 40.2 Å². The van der Waals surface area contributed by atoms with Crippen LogP contribution in [-0.2, 0) is 15.8 Å². The Hall–Kier alpha value is -1.74. The van der Waals surface area contributed by atoms with Crippen molar-refractivity contribution in [3.05, 3.63) is 28.8 Å². The van der Waals surface area contributed by atoms with Gasteiger partial charge in [-0.3, -0.25) is 14.5 Å². The Morgan fingerprint density at radius 1 is 1.36 bits per heavy atom. The summed E-state index contributed by atoms with van der Waals surface area (Å²) in [5.41, 5.74) is -0.934. The van der Waals surface area contributed by atoms with E-state index in [-0.39, 0.29) is 23.9 Å². The molecule has 5 nitrogen and oxygen atoms in total. The largest absolute Gasteiger partial charge is 0.417 e. The van der Waals surface area contributed by atoms with Gasteiger partial charge in [0.15, 0.2) is 5.17 Å². The van der Waals surface area contributed by atoms with Crippen molar-refractivity contribution >= 4 is 46.0 Å². The standard InChI is InChI=1S/C18H21ClF3N3O2S/c1-3-5-8-25-16(27)14(10-15(26)23-4-2)28-17(25)24-11-6-7-13(19)12(9-11)18(20,21)22/h6-7,9,14H,3-5,8,10H2,1-2H3,(H,23,26)/t14-/m0/s1. The first-order valence-corrected chi connectivity index (χ1v) is 10.1. The molecule has 0 bridgehead atoms. The molecule has 1 aromatic carbocycles. The van der Waals surface area contributed by atoms with Crippen LogP contribution in [0, 0.1) is 0 Å². The second kappa shape index (κ2) is 9.65. The van der Waals surface area contributed by atoms with Crippen LogP contribution in [0.5, 0.6) is 0 Å². The van der Waals surface area contributed by atoms with E-state index < -0.39 is 22.0 Å². The van der Waals surface area contributed by atoms with E-state index in [0.717, 1.165) is 30.3 Å². The molecule has 2 amide bonds. The first-order chi connectivity index (χ1) is 13.2. The minimum absolute atomic E-state index is 0.00654. The molecule has 0 spiro atoms. The number of benzene rings is 1. The fourth-order valence-corrected chi connectivity index (χ4v) is 4.00. The molecule has 0 saturated carbocycles. The van der Waals surface area contributed by atoms with E-state index >= 15 is 0 Å². The normalized spacial score (nSPS) is 18.8. The second-order valence-corrected chi connectivity index (χ2v) is 7.74. The van der Waals surface area contributed by atoms with E-state index in [2.05, 4.69) is 10.3 Å². The molecule has 0 aromatic heterocycles. The van der Waals surface area contributed by atoms with E-state index in [0.29, 0.717) is 24.7 Å². The van der Waals surface area contributed by atoms with E-state index in [9.17, 15) is 22.8 Å². The molecule has 1 fully saturated rings. The molecule has 1 aliphatic heterocycles. The van der Waals surface area contributed by atoms with Gasteiger partial charge in [0.2, 0.25) is 11.8 Å². The number of alkyl halides is 3. The lowest BCUT2D eigenvalue weighted by Crippen LogP contribution is -2.35. The molecule has 0 unspecified atom stereocenters. The zero-order chi connectivity index (χ0) is 20.9. The minimum atomic E-state index is -4.60. The molecule has 1 heterocycles. The van der Waals surface area contributed by atoms with Crippen molar-refractivity contribution in [2.24, 2.45) is 4.99 Å². The van der Waals surface area contributed by atoms with Crippen molar-refractivity contribution in [2.75, 3.05) is 13.1 Å². The fraction of sp³-hybridized carbons (Fsp3) is 0.500. The number of nitrogens with zero attached hydrogens (tertiary/aromatic N) is 2. The number of hydrogen-bond donors (Lipinski definition) is 1. The van der Waals surface area contributed by atoms with Gasteiger partial charge < -0.3 is 5.32 Å². The summed E-state index contributed by atoms with van der Waals surface area (Å²) in [6.45, 7) is 4.59. The summed E-state index contributed by atoms with van der Waals surface area (Å²) in [6.07, 6.45) is -3.06. The third-order valence-electron chi connectivity index (χ3n) is 3.98. The zero-order valence-electron chi connectivity index (χ0n) is 15.5. The van der Waals surface area contributed by atoms with E-state index in [1.165, 1.54) is 11.0 Å². The number of carbonyl (C=O) groups is 2. The Balaban J connectivity index is 2.32. The molecular formula is C18H21ClF3N3O2S. The number of aliphatic imine (C=N–C) groups is 1. The summed E-state index contributed by atoms with van der Waals surface area (Å²) >= 11 is 6.74. The molecule has 154 valence electrons. The van der Waals surface area contributed by atoms with E-state index in [1.54, 1.807) is 6.92 Å². The lowest BCUT2D eigenvalue weighted by molar-refractivity contribution is -0.137. The Labute approximate surface area is 170 Å². The van der Waals surface area contributed by atoms with Crippen LogP contribution in [0.3, 0.4) is 0 Å². The summed E-state index contributed by atoms with van der Waals surface area (Å²) < 4.78 is 39.2. The Morgan fingerprint density at radius 2 is 2.07 bits per heavy atom. The minimum Gasteiger partial charge on any atom is -0.356 e. The smallest absolute Gasteiger partial charge is 0.356 e. The predicted molar refractivity (Wildman–Crippen MR) is 105 cm³/mol. The molecule has 1 aromatic rings. The van der Waals surface area contributed by atoms with Gasteiger partial charge in [0.05, 0.1) is 16.3 Å². The van der Waals surface area contributed by atoms with Crippen LogP contribution in [0.15, 0.2) is 23.2 Å². The van der Waals surface area contributed by atoms with Crippen molar-refractivity contribution < 1.29 is 22.8 Å². The van der Waals surface area contributed by atoms with Gasteiger partial charge in [-0.15, -0.1) is 0 Å². The molecule has 2 rings (SSSR count). The van der Waals surface area contributed by atoms with Crippen LogP contribution in [0.1, 0.15) is 38.7 Å². The molecule has 1 N–H and O–H groups in total. The van der Waals surface area contributed by atoms with Crippen LogP contribution in [0.2, 0.25) is 5.02 Å². The Kier molecular flexibility index (Phi) is 7.77. The lowest BCUT2D eigenvalue weighted by atomic mass is 10.2. The molecule has 1 atom stereocenters. The third kappa shape index (κ3) is 5.64. The van der Waals surface area contributed by atoms with Crippen molar-refractivity contribution in [2.45, 2.75) is 44.5 Å². The summed E-state index contributed by atoms with van der Waals surface area (Å²) in [5, 5.41) is 1.88. The summed E-state index contributed by atoms with van der Waals surface area (Å²) in [5.74, 6) is -0.510. The van der Waals surface area contributed by atoms with E-state index in [1.807, 2.05) is 6.92 Å². The SMILES string of the molecule is CCCCN1C(=O)[C@H](CC(=O)NCC)SC1=Nc1ccc(Cl)c(C(F)(F)F)c1.